The number of nitrogens with zero attached hydrogens (tertiary/aromatic N) is 2. The van der Waals surface area contributed by atoms with Crippen LogP contribution in [-0.4, -0.2) is 0 Å². The molecule has 164 valence electrons. The highest BCUT2D eigenvalue weighted by atomic mass is 14.9. The first kappa shape index (κ1) is 22.4. The number of rotatable bonds is 10. The summed E-state index contributed by atoms with van der Waals surface area (Å²) in [4.78, 5) is 0. The molecule has 4 aromatic rings. The molecule has 2 aromatic carbocycles. The number of aromatic nitrogens is 2. The van der Waals surface area contributed by atoms with E-state index in [1.807, 2.05) is 12.2 Å². The number of benzene rings is 2. The molecule has 0 bridgehead atoms. The maximum absolute atomic E-state index is 3.81. The monoisotopic (exact) mass is 432 g/mol. The average Bonchev–Trinajstić information content (AvgIpc) is 2.87. The zero-order valence-electron chi connectivity index (χ0n) is 19.2. The summed E-state index contributed by atoms with van der Waals surface area (Å²) in [5.74, 6) is 0. The number of hydrogen-bond donors (Lipinski definition) is 0. The Bertz CT molecular complexity index is 1070. The second-order valence-electron chi connectivity index (χ2n) is 8.50. The summed E-state index contributed by atoms with van der Waals surface area (Å²) in [5, 5.41) is 0. The summed E-state index contributed by atoms with van der Waals surface area (Å²) in [6.07, 6.45) is 15.8. The molecule has 2 aromatic heterocycles. The quantitative estimate of drug-likeness (QED) is 0.279. The Morgan fingerprint density at radius 1 is 0.485 bits per heavy atom. The zero-order valence-corrected chi connectivity index (χ0v) is 19.2. The average molecular weight is 433 g/mol. The zero-order chi connectivity index (χ0) is 22.9. The highest BCUT2D eigenvalue weighted by molar-refractivity contribution is 5.47. The van der Waals surface area contributed by atoms with Gasteiger partial charge in [0.2, 0.25) is 0 Å². The molecule has 2 heteroatoms. The molecule has 0 aliphatic heterocycles. The van der Waals surface area contributed by atoms with Gasteiger partial charge in [-0.3, -0.25) is 0 Å². The van der Waals surface area contributed by atoms with Gasteiger partial charge in [-0.25, -0.2) is 9.13 Å². The summed E-state index contributed by atoms with van der Waals surface area (Å²) in [5.41, 5.74) is 7.70. The van der Waals surface area contributed by atoms with Crippen molar-refractivity contribution in [3.63, 3.8) is 0 Å². The maximum atomic E-state index is 3.81. The lowest BCUT2D eigenvalue weighted by Crippen LogP contribution is -2.33. The lowest BCUT2D eigenvalue weighted by molar-refractivity contribution is -0.688. The van der Waals surface area contributed by atoms with E-state index in [-0.39, 0.29) is 0 Å². The third kappa shape index (κ3) is 6.60. The molecule has 33 heavy (non-hydrogen) atoms. The van der Waals surface area contributed by atoms with Gasteiger partial charge in [0.15, 0.2) is 37.9 Å². The fourth-order valence-electron chi connectivity index (χ4n) is 3.96. The van der Waals surface area contributed by atoms with Crippen LogP contribution in [-0.2, 0) is 25.9 Å². The second-order valence-corrected chi connectivity index (χ2v) is 8.50. The SMILES string of the molecule is C=Cc1ccc(C[n+]2ccc(CCCc3cc[n+](Cc4ccc(C=C)cc4)cc3)cc2)cc1. The van der Waals surface area contributed by atoms with Crippen molar-refractivity contribution in [3.8, 4) is 0 Å². The van der Waals surface area contributed by atoms with E-state index < -0.39 is 0 Å². The molecule has 4 rings (SSSR count). The fourth-order valence-corrected chi connectivity index (χ4v) is 3.96. The van der Waals surface area contributed by atoms with Gasteiger partial charge in [-0.2, -0.15) is 0 Å². The van der Waals surface area contributed by atoms with E-state index in [1.54, 1.807) is 0 Å². The normalized spacial score (nSPS) is 10.7. The summed E-state index contributed by atoms with van der Waals surface area (Å²) >= 11 is 0. The Balaban J connectivity index is 1.23. The van der Waals surface area contributed by atoms with Crippen LogP contribution in [0, 0.1) is 0 Å². The Kier molecular flexibility index (Phi) is 7.60. The molecule has 0 N–H and O–H groups in total. The van der Waals surface area contributed by atoms with Crippen LogP contribution in [0.4, 0.5) is 0 Å². The van der Waals surface area contributed by atoms with Crippen LogP contribution in [0.1, 0.15) is 39.8 Å². The van der Waals surface area contributed by atoms with Crippen molar-refractivity contribution in [2.24, 2.45) is 0 Å². The van der Waals surface area contributed by atoms with Crippen molar-refractivity contribution in [3.05, 3.63) is 144 Å². The van der Waals surface area contributed by atoms with Crippen molar-refractivity contribution in [2.45, 2.75) is 32.4 Å². The topological polar surface area (TPSA) is 7.76 Å². The van der Waals surface area contributed by atoms with Gasteiger partial charge >= 0.3 is 0 Å². The molecular formula is C31H32N2+2. The van der Waals surface area contributed by atoms with Crippen LogP contribution < -0.4 is 9.13 Å². The summed E-state index contributed by atoms with van der Waals surface area (Å²) in [7, 11) is 0. The van der Waals surface area contributed by atoms with Gasteiger partial charge in [-0.05, 0) is 41.5 Å². The minimum Gasteiger partial charge on any atom is -0.201 e. The number of pyridine rings is 2. The largest absolute Gasteiger partial charge is 0.201 e. The Morgan fingerprint density at radius 3 is 1.18 bits per heavy atom. The van der Waals surface area contributed by atoms with E-state index in [9.17, 15) is 0 Å². The molecule has 2 heterocycles. The summed E-state index contributed by atoms with van der Waals surface area (Å²) in [6, 6.07) is 26.1. The van der Waals surface area contributed by atoms with Crippen LogP contribution in [0.5, 0.6) is 0 Å². The van der Waals surface area contributed by atoms with E-state index >= 15 is 0 Å². The van der Waals surface area contributed by atoms with Gasteiger partial charge in [-0.1, -0.05) is 73.8 Å². The lowest BCUT2D eigenvalue weighted by atomic mass is 10.1. The van der Waals surface area contributed by atoms with Crippen molar-refractivity contribution in [1.82, 2.24) is 0 Å². The van der Waals surface area contributed by atoms with Crippen molar-refractivity contribution < 1.29 is 9.13 Å². The van der Waals surface area contributed by atoms with Gasteiger partial charge in [0, 0.05) is 35.4 Å². The predicted octanol–water partition coefficient (Wildman–Crippen LogP) is 5.82. The molecule has 0 radical (unpaired) electrons. The van der Waals surface area contributed by atoms with Gasteiger partial charge in [0.05, 0.1) is 0 Å². The second kappa shape index (κ2) is 11.2. The first-order chi connectivity index (χ1) is 16.2. The molecule has 0 fully saturated rings. The fraction of sp³-hybridized carbons (Fsp3) is 0.161. The highest BCUT2D eigenvalue weighted by Gasteiger charge is 2.06. The Labute approximate surface area is 197 Å². The van der Waals surface area contributed by atoms with E-state index in [1.165, 1.54) is 22.3 Å². The molecule has 0 atom stereocenters. The standard InChI is InChI=1S/C31H32N2/c1-3-26-8-12-30(13-9-26)24-32-20-16-28(17-21-32)6-5-7-29-18-22-33(23-19-29)25-31-14-10-27(4-2)11-15-31/h3-4,8-23H,1-2,5-7,24-25H2/q+2. The van der Waals surface area contributed by atoms with Crippen LogP contribution in [0.3, 0.4) is 0 Å². The van der Waals surface area contributed by atoms with Gasteiger partial charge in [0.25, 0.3) is 0 Å². The minimum atomic E-state index is 0.889. The van der Waals surface area contributed by atoms with Gasteiger partial charge < -0.3 is 0 Å². The molecular weight excluding hydrogens is 400 g/mol. The highest BCUT2D eigenvalue weighted by Crippen LogP contribution is 2.09. The molecule has 0 aliphatic rings. The van der Waals surface area contributed by atoms with E-state index in [4.69, 9.17) is 0 Å². The Hall–Kier alpha value is -3.78. The van der Waals surface area contributed by atoms with Crippen molar-refractivity contribution in [2.75, 3.05) is 0 Å². The van der Waals surface area contributed by atoms with Crippen molar-refractivity contribution >= 4 is 12.2 Å². The van der Waals surface area contributed by atoms with E-state index in [0.29, 0.717) is 0 Å². The molecule has 0 amide bonds. The van der Waals surface area contributed by atoms with Crippen LogP contribution in [0.15, 0.2) is 111 Å². The number of aryl methyl sites for hydroxylation is 2. The van der Waals surface area contributed by atoms with Gasteiger partial charge in [-0.15, -0.1) is 0 Å². The van der Waals surface area contributed by atoms with Gasteiger partial charge in [0.1, 0.15) is 0 Å². The first-order valence-corrected chi connectivity index (χ1v) is 11.6. The lowest BCUT2D eigenvalue weighted by Gasteiger charge is -2.04. The Morgan fingerprint density at radius 2 is 0.848 bits per heavy atom. The van der Waals surface area contributed by atoms with E-state index in [2.05, 4.69) is 120 Å². The van der Waals surface area contributed by atoms with Crippen LogP contribution in [0.25, 0.3) is 12.2 Å². The molecule has 0 saturated carbocycles. The molecule has 0 unspecified atom stereocenters. The van der Waals surface area contributed by atoms with Crippen LogP contribution >= 0.6 is 0 Å². The van der Waals surface area contributed by atoms with E-state index in [0.717, 1.165) is 43.5 Å². The maximum Gasteiger partial charge on any atom is 0.173 e. The first-order valence-electron chi connectivity index (χ1n) is 11.6. The summed E-state index contributed by atoms with van der Waals surface area (Å²) < 4.78 is 4.46. The minimum absolute atomic E-state index is 0.889. The molecule has 0 saturated heterocycles. The predicted molar refractivity (Wildman–Crippen MR) is 137 cm³/mol. The summed E-state index contributed by atoms with van der Waals surface area (Å²) in [6.45, 7) is 9.40. The smallest absolute Gasteiger partial charge is 0.173 e. The molecule has 0 spiro atoms. The molecule has 2 nitrogen and oxygen atoms in total. The number of hydrogen-bond acceptors (Lipinski definition) is 0. The molecule has 0 aliphatic carbocycles. The third-order valence-corrected chi connectivity index (χ3v) is 6.01. The van der Waals surface area contributed by atoms with Crippen molar-refractivity contribution in [1.29, 1.82) is 0 Å². The van der Waals surface area contributed by atoms with Crippen LogP contribution in [0.2, 0.25) is 0 Å². The third-order valence-electron chi connectivity index (χ3n) is 6.01.